The monoisotopic (exact) mass is 225 g/mol. The Hall–Kier alpha value is -0.960. The molecule has 0 bridgehead atoms. The summed E-state index contributed by atoms with van der Waals surface area (Å²) in [5.74, 6) is 0.416. The third-order valence-electron chi connectivity index (χ3n) is 3.62. The lowest BCUT2D eigenvalue weighted by Crippen LogP contribution is -2.45. The highest BCUT2D eigenvalue weighted by molar-refractivity contribution is 5.29. The summed E-state index contributed by atoms with van der Waals surface area (Å²) in [5, 5.41) is 0. The summed E-state index contributed by atoms with van der Waals surface area (Å²) in [6.45, 7) is 0.609. The fraction of sp³-hybridized carbons (Fsp3) is 0.538. The van der Waals surface area contributed by atoms with Crippen LogP contribution in [0.3, 0.4) is 0 Å². The van der Waals surface area contributed by atoms with E-state index in [0.717, 1.165) is 18.4 Å². The smallest absolute Gasteiger partial charge is 0.239 e. The molecule has 1 aromatic carbocycles. The van der Waals surface area contributed by atoms with E-state index in [1.54, 1.807) is 0 Å². The minimum absolute atomic E-state index is 0.0342. The summed E-state index contributed by atoms with van der Waals surface area (Å²) in [6.07, 6.45) is -0.664. The summed E-state index contributed by atoms with van der Waals surface area (Å²) < 4.78 is 25.3. The van der Waals surface area contributed by atoms with E-state index in [9.17, 15) is 8.78 Å². The molecule has 16 heavy (non-hydrogen) atoms. The van der Waals surface area contributed by atoms with Crippen molar-refractivity contribution >= 4 is 0 Å². The molecule has 0 heterocycles. The standard InChI is InChI=1S/C13H17F2N/c14-12(15)8-13(6-10(7-13)9-16)11-4-2-1-3-5-11/h1-5,10,12H,6-9,16H2. The Morgan fingerprint density at radius 2 is 1.88 bits per heavy atom. The van der Waals surface area contributed by atoms with Gasteiger partial charge in [-0.15, -0.1) is 0 Å². The van der Waals surface area contributed by atoms with E-state index >= 15 is 0 Å². The third-order valence-corrected chi connectivity index (χ3v) is 3.62. The van der Waals surface area contributed by atoms with Crippen LogP contribution in [0.1, 0.15) is 24.8 Å². The summed E-state index contributed by atoms with van der Waals surface area (Å²) in [4.78, 5) is 0. The van der Waals surface area contributed by atoms with Crippen molar-refractivity contribution in [3.05, 3.63) is 35.9 Å². The molecule has 3 heteroatoms. The van der Waals surface area contributed by atoms with Crippen LogP contribution in [-0.2, 0) is 5.41 Å². The maximum atomic E-state index is 12.6. The number of alkyl halides is 2. The zero-order valence-corrected chi connectivity index (χ0v) is 9.20. The molecule has 0 aliphatic heterocycles. The van der Waals surface area contributed by atoms with Crippen molar-refractivity contribution < 1.29 is 8.78 Å². The normalized spacial score (nSPS) is 29.1. The lowest BCUT2D eigenvalue weighted by molar-refractivity contribution is 0.0433. The van der Waals surface area contributed by atoms with Gasteiger partial charge in [0.1, 0.15) is 0 Å². The van der Waals surface area contributed by atoms with Gasteiger partial charge in [-0.3, -0.25) is 0 Å². The summed E-state index contributed by atoms with van der Waals surface area (Å²) in [5.41, 5.74) is 6.30. The first-order chi connectivity index (χ1) is 7.66. The maximum Gasteiger partial charge on any atom is 0.239 e. The molecule has 0 unspecified atom stereocenters. The van der Waals surface area contributed by atoms with Crippen LogP contribution in [0.25, 0.3) is 0 Å². The van der Waals surface area contributed by atoms with Crippen LogP contribution >= 0.6 is 0 Å². The van der Waals surface area contributed by atoms with Crippen LogP contribution in [0.5, 0.6) is 0 Å². The predicted octanol–water partition coefficient (Wildman–Crippen LogP) is 2.95. The number of hydrogen-bond donors (Lipinski definition) is 1. The third kappa shape index (κ3) is 2.09. The Kier molecular flexibility index (Phi) is 3.24. The molecular weight excluding hydrogens is 208 g/mol. The molecular formula is C13H17F2N. The minimum Gasteiger partial charge on any atom is -0.330 e. The van der Waals surface area contributed by atoms with Gasteiger partial charge in [0.25, 0.3) is 0 Å². The first-order valence-corrected chi connectivity index (χ1v) is 5.70. The van der Waals surface area contributed by atoms with Crippen molar-refractivity contribution in [2.45, 2.75) is 31.1 Å². The second kappa shape index (κ2) is 4.50. The van der Waals surface area contributed by atoms with Crippen LogP contribution in [0.15, 0.2) is 30.3 Å². The quantitative estimate of drug-likeness (QED) is 0.837. The predicted molar refractivity (Wildman–Crippen MR) is 60.5 cm³/mol. The van der Waals surface area contributed by atoms with Gasteiger partial charge in [0.2, 0.25) is 6.43 Å². The van der Waals surface area contributed by atoms with E-state index in [0.29, 0.717) is 12.5 Å². The highest BCUT2D eigenvalue weighted by Gasteiger charge is 2.46. The molecule has 1 saturated carbocycles. The average molecular weight is 225 g/mol. The van der Waals surface area contributed by atoms with Gasteiger partial charge in [-0.05, 0) is 30.9 Å². The van der Waals surface area contributed by atoms with Crippen LogP contribution in [0.4, 0.5) is 8.78 Å². The number of rotatable bonds is 4. The molecule has 1 aliphatic rings. The zero-order chi connectivity index (χ0) is 11.6. The van der Waals surface area contributed by atoms with Gasteiger partial charge >= 0.3 is 0 Å². The second-order valence-corrected chi connectivity index (χ2v) is 4.75. The van der Waals surface area contributed by atoms with E-state index < -0.39 is 6.43 Å². The van der Waals surface area contributed by atoms with Crippen molar-refractivity contribution in [2.75, 3.05) is 6.54 Å². The Bertz CT molecular complexity index is 331. The lowest BCUT2D eigenvalue weighted by Gasteiger charge is -2.48. The van der Waals surface area contributed by atoms with E-state index in [1.165, 1.54) is 0 Å². The van der Waals surface area contributed by atoms with Gasteiger partial charge in [0, 0.05) is 11.8 Å². The van der Waals surface area contributed by atoms with Crippen molar-refractivity contribution in [2.24, 2.45) is 11.7 Å². The SMILES string of the molecule is NCC1CC(CC(F)F)(c2ccccc2)C1. The van der Waals surface area contributed by atoms with Gasteiger partial charge in [0.15, 0.2) is 0 Å². The molecule has 0 radical (unpaired) electrons. The van der Waals surface area contributed by atoms with Crippen molar-refractivity contribution in [1.29, 1.82) is 0 Å². The highest BCUT2D eigenvalue weighted by atomic mass is 19.3. The number of nitrogens with two attached hydrogens (primary N) is 1. The van der Waals surface area contributed by atoms with E-state index in [4.69, 9.17) is 5.73 Å². The molecule has 0 atom stereocenters. The Morgan fingerprint density at radius 1 is 1.25 bits per heavy atom. The summed E-state index contributed by atoms with van der Waals surface area (Å²) in [7, 11) is 0. The zero-order valence-electron chi connectivity index (χ0n) is 9.20. The van der Waals surface area contributed by atoms with E-state index in [1.807, 2.05) is 30.3 Å². The van der Waals surface area contributed by atoms with Crippen LogP contribution in [0.2, 0.25) is 0 Å². The van der Waals surface area contributed by atoms with Crippen molar-refractivity contribution in [1.82, 2.24) is 0 Å². The molecule has 0 spiro atoms. The largest absolute Gasteiger partial charge is 0.330 e. The molecule has 2 rings (SSSR count). The number of benzene rings is 1. The van der Waals surface area contributed by atoms with Gasteiger partial charge in [-0.2, -0.15) is 0 Å². The summed E-state index contributed by atoms with van der Waals surface area (Å²) >= 11 is 0. The van der Waals surface area contributed by atoms with Gasteiger partial charge in [0.05, 0.1) is 0 Å². The molecule has 2 N–H and O–H groups in total. The summed E-state index contributed by atoms with van der Waals surface area (Å²) in [6, 6.07) is 9.65. The molecule has 0 aromatic heterocycles. The first kappa shape index (κ1) is 11.5. The van der Waals surface area contributed by atoms with Gasteiger partial charge < -0.3 is 5.73 Å². The number of halogens is 2. The van der Waals surface area contributed by atoms with E-state index in [-0.39, 0.29) is 11.8 Å². The van der Waals surface area contributed by atoms with Crippen molar-refractivity contribution in [3.63, 3.8) is 0 Å². The molecule has 0 saturated heterocycles. The molecule has 1 aliphatic carbocycles. The van der Waals surface area contributed by atoms with E-state index in [2.05, 4.69) is 0 Å². The fourth-order valence-corrected chi connectivity index (χ4v) is 2.82. The van der Waals surface area contributed by atoms with Gasteiger partial charge in [-0.1, -0.05) is 30.3 Å². The molecule has 0 amide bonds. The molecule has 1 fully saturated rings. The van der Waals surface area contributed by atoms with Crippen LogP contribution in [0, 0.1) is 5.92 Å². The highest BCUT2D eigenvalue weighted by Crippen LogP contribution is 2.50. The fourth-order valence-electron chi connectivity index (χ4n) is 2.82. The number of hydrogen-bond acceptors (Lipinski definition) is 1. The van der Waals surface area contributed by atoms with Crippen molar-refractivity contribution in [3.8, 4) is 0 Å². The average Bonchev–Trinajstić information content (AvgIpc) is 2.23. The molecule has 1 nitrogen and oxygen atoms in total. The molecule has 88 valence electrons. The first-order valence-electron chi connectivity index (χ1n) is 5.70. The lowest BCUT2D eigenvalue weighted by atomic mass is 9.57. The maximum absolute atomic E-state index is 12.6. The minimum atomic E-state index is -2.24. The molecule has 1 aromatic rings. The topological polar surface area (TPSA) is 26.0 Å². The van der Waals surface area contributed by atoms with Gasteiger partial charge in [-0.25, -0.2) is 8.78 Å². The van der Waals surface area contributed by atoms with Crippen LogP contribution in [-0.4, -0.2) is 13.0 Å². The Morgan fingerprint density at radius 3 is 2.38 bits per heavy atom. The Labute approximate surface area is 94.7 Å². The van der Waals surface area contributed by atoms with Crippen LogP contribution < -0.4 is 5.73 Å². The Balaban J connectivity index is 2.17. The second-order valence-electron chi connectivity index (χ2n) is 4.75.